The number of hydrogen-bond donors (Lipinski definition) is 2. The number of carbonyl (C=O) groups is 1. The fraction of sp³-hybridized carbons (Fsp3) is 0.100. The molecule has 0 radical (unpaired) electrons. The summed E-state index contributed by atoms with van der Waals surface area (Å²) in [6.07, 6.45) is 1.37. The lowest BCUT2D eigenvalue weighted by molar-refractivity contribution is -0.118. The Hall–Kier alpha value is -3.17. The minimum absolute atomic E-state index is 0.192. The van der Waals surface area contributed by atoms with Crippen molar-refractivity contribution in [3.05, 3.63) is 76.2 Å². The van der Waals surface area contributed by atoms with Gasteiger partial charge in [-0.15, -0.1) is 11.3 Å². The second-order valence-electron chi connectivity index (χ2n) is 6.16. The van der Waals surface area contributed by atoms with E-state index in [4.69, 9.17) is 0 Å². The Balaban J connectivity index is 1.38. The van der Waals surface area contributed by atoms with Crippen molar-refractivity contribution in [2.75, 3.05) is 5.75 Å². The van der Waals surface area contributed by atoms with E-state index in [9.17, 15) is 9.59 Å². The first-order chi connectivity index (χ1) is 14.1. The number of nitrogens with one attached hydrogen (secondary N) is 2. The molecule has 0 bridgehead atoms. The highest BCUT2D eigenvalue weighted by Gasteiger charge is 2.11. The van der Waals surface area contributed by atoms with Gasteiger partial charge >= 0.3 is 0 Å². The quantitative estimate of drug-likeness (QED) is 0.283. The van der Waals surface area contributed by atoms with Gasteiger partial charge < -0.3 is 0 Å². The second-order valence-corrected chi connectivity index (χ2v) is 8.41. The number of hydrogen-bond acceptors (Lipinski definition) is 6. The zero-order valence-corrected chi connectivity index (χ0v) is 17.1. The molecule has 2 aromatic heterocycles. The van der Waals surface area contributed by atoms with Crippen molar-refractivity contribution in [2.45, 2.75) is 11.3 Å². The molecule has 9 heteroatoms. The largest absolute Gasteiger partial charge is 0.295 e. The summed E-state index contributed by atoms with van der Waals surface area (Å²) in [5.41, 5.74) is 4.96. The number of amides is 1. The number of benzene rings is 2. The van der Waals surface area contributed by atoms with E-state index in [1.54, 1.807) is 18.3 Å². The van der Waals surface area contributed by atoms with Gasteiger partial charge in [-0.05, 0) is 31.2 Å². The molecule has 0 saturated heterocycles. The average molecular weight is 424 g/mol. The van der Waals surface area contributed by atoms with Crippen LogP contribution in [0.4, 0.5) is 0 Å². The van der Waals surface area contributed by atoms with Gasteiger partial charge in [0.05, 0.1) is 33.4 Å². The summed E-state index contributed by atoms with van der Waals surface area (Å²) in [4.78, 5) is 29.1. The summed E-state index contributed by atoms with van der Waals surface area (Å²) >= 11 is 2.91. The first-order valence-electron chi connectivity index (χ1n) is 8.79. The number of thiazole rings is 1. The lowest BCUT2D eigenvalue weighted by Crippen LogP contribution is -2.21. The van der Waals surface area contributed by atoms with Crippen molar-refractivity contribution in [1.82, 2.24) is 20.2 Å². The minimum Gasteiger partial charge on any atom is -0.295 e. The Morgan fingerprint density at radius 3 is 2.79 bits per heavy atom. The van der Waals surface area contributed by atoms with Crippen molar-refractivity contribution in [1.29, 1.82) is 0 Å². The van der Waals surface area contributed by atoms with Gasteiger partial charge in [-0.25, -0.2) is 15.1 Å². The highest BCUT2D eigenvalue weighted by molar-refractivity contribution is 8.01. The lowest BCUT2D eigenvalue weighted by atomic mass is 10.3. The minimum atomic E-state index is -0.262. The number of H-pyrrole nitrogens is 1. The van der Waals surface area contributed by atoms with Crippen LogP contribution < -0.4 is 11.0 Å². The van der Waals surface area contributed by atoms with Crippen LogP contribution in [0.2, 0.25) is 0 Å². The third-order valence-corrected chi connectivity index (χ3v) is 6.29. The van der Waals surface area contributed by atoms with E-state index in [0.717, 1.165) is 20.2 Å². The van der Waals surface area contributed by atoms with Gasteiger partial charge in [-0.2, -0.15) is 5.10 Å². The number of carbonyl (C=O) groups excluding carboxylic acids is 1. The highest BCUT2D eigenvalue weighted by Crippen LogP contribution is 2.28. The van der Waals surface area contributed by atoms with E-state index in [-0.39, 0.29) is 17.2 Å². The van der Waals surface area contributed by atoms with Crippen LogP contribution in [-0.4, -0.2) is 32.6 Å². The Morgan fingerprint density at radius 1 is 1.24 bits per heavy atom. The smallest absolute Gasteiger partial charge is 0.280 e. The molecular weight excluding hydrogens is 406 g/mol. The maximum absolute atomic E-state index is 12.6. The number of fused-ring (bicyclic) bond motifs is 1. The van der Waals surface area contributed by atoms with Crippen molar-refractivity contribution in [3.63, 3.8) is 0 Å². The van der Waals surface area contributed by atoms with E-state index in [1.165, 1.54) is 22.7 Å². The first kappa shape index (κ1) is 19.2. The SMILES string of the molecule is Cc1[nH]n(-c2ccccc2)c(=O)c1/C=N\NC(=O)CSc1nc2ccccc2s1. The molecule has 29 heavy (non-hydrogen) atoms. The molecule has 1 amide bonds. The van der Waals surface area contributed by atoms with Crippen LogP contribution in [0.1, 0.15) is 11.3 Å². The summed E-state index contributed by atoms with van der Waals surface area (Å²) in [5.74, 6) is -0.0700. The Labute approximate surface area is 174 Å². The topological polar surface area (TPSA) is 92.1 Å². The zero-order valence-electron chi connectivity index (χ0n) is 15.5. The molecule has 0 fully saturated rings. The number of thioether (sulfide) groups is 1. The van der Waals surface area contributed by atoms with Crippen LogP contribution in [0, 0.1) is 6.92 Å². The Bertz CT molecular complexity index is 1210. The van der Waals surface area contributed by atoms with E-state index >= 15 is 0 Å². The lowest BCUT2D eigenvalue weighted by Gasteiger charge is -1.99. The van der Waals surface area contributed by atoms with Crippen LogP contribution >= 0.6 is 23.1 Å². The normalized spacial score (nSPS) is 11.3. The van der Waals surface area contributed by atoms with Crippen molar-refractivity contribution < 1.29 is 4.79 Å². The van der Waals surface area contributed by atoms with Gasteiger partial charge in [0.1, 0.15) is 0 Å². The van der Waals surface area contributed by atoms with E-state index < -0.39 is 0 Å². The van der Waals surface area contributed by atoms with Crippen LogP contribution in [0.15, 0.2) is 68.8 Å². The van der Waals surface area contributed by atoms with Gasteiger partial charge in [0.25, 0.3) is 11.5 Å². The number of para-hydroxylation sites is 2. The molecule has 146 valence electrons. The number of aromatic amines is 1. The molecule has 0 spiro atoms. The molecule has 7 nitrogen and oxygen atoms in total. The molecule has 0 aliphatic rings. The van der Waals surface area contributed by atoms with Gasteiger partial charge in [0.15, 0.2) is 4.34 Å². The van der Waals surface area contributed by atoms with Crippen LogP contribution in [0.3, 0.4) is 0 Å². The number of hydrazone groups is 1. The summed E-state index contributed by atoms with van der Waals surface area (Å²) in [5, 5.41) is 6.95. The monoisotopic (exact) mass is 423 g/mol. The van der Waals surface area contributed by atoms with Crippen LogP contribution in [-0.2, 0) is 4.79 Å². The number of nitrogens with zero attached hydrogens (tertiary/aromatic N) is 3. The number of aromatic nitrogens is 3. The van der Waals surface area contributed by atoms with Gasteiger partial charge in [0.2, 0.25) is 0 Å². The van der Waals surface area contributed by atoms with E-state index in [2.05, 4.69) is 20.6 Å². The summed E-state index contributed by atoms with van der Waals surface area (Å²) < 4.78 is 3.37. The average Bonchev–Trinajstić information content (AvgIpc) is 3.28. The molecule has 2 aromatic carbocycles. The summed E-state index contributed by atoms with van der Waals surface area (Å²) in [6, 6.07) is 17.1. The van der Waals surface area contributed by atoms with Crippen molar-refractivity contribution in [3.8, 4) is 5.69 Å². The second kappa shape index (κ2) is 8.46. The maximum Gasteiger partial charge on any atom is 0.280 e. The molecule has 0 aliphatic carbocycles. The highest BCUT2D eigenvalue weighted by atomic mass is 32.2. The third-order valence-electron chi connectivity index (χ3n) is 4.12. The summed E-state index contributed by atoms with van der Waals surface area (Å²) in [7, 11) is 0. The maximum atomic E-state index is 12.6. The van der Waals surface area contributed by atoms with Gasteiger partial charge in [-0.1, -0.05) is 42.1 Å². The molecule has 2 heterocycles. The predicted molar refractivity (Wildman–Crippen MR) is 117 cm³/mol. The number of aryl methyl sites for hydroxylation is 1. The molecule has 0 unspecified atom stereocenters. The molecule has 4 rings (SSSR count). The van der Waals surface area contributed by atoms with Gasteiger partial charge in [0, 0.05) is 5.69 Å². The molecule has 2 N–H and O–H groups in total. The molecule has 4 aromatic rings. The van der Waals surface area contributed by atoms with Crippen molar-refractivity contribution >= 4 is 45.4 Å². The first-order valence-corrected chi connectivity index (χ1v) is 10.6. The fourth-order valence-electron chi connectivity index (χ4n) is 2.71. The molecule has 0 saturated carbocycles. The Kier molecular flexibility index (Phi) is 5.59. The van der Waals surface area contributed by atoms with Crippen LogP contribution in [0.25, 0.3) is 15.9 Å². The number of rotatable bonds is 6. The van der Waals surface area contributed by atoms with Crippen LogP contribution in [0.5, 0.6) is 0 Å². The van der Waals surface area contributed by atoms with E-state index in [1.807, 2.05) is 54.6 Å². The molecule has 0 aliphatic heterocycles. The standard InChI is InChI=1S/C20H17N5O2S2/c1-13-15(19(27)25(24-13)14-7-3-2-4-8-14)11-21-23-18(26)12-28-20-22-16-9-5-6-10-17(16)29-20/h2-11,24H,12H2,1H3,(H,23,26)/b21-11-. The van der Waals surface area contributed by atoms with E-state index in [0.29, 0.717) is 11.3 Å². The molecule has 0 atom stereocenters. The Morgan fingerprint density at radius 2 is 2.00 bits per heavy atom. The molecular formula is C20H17N5O2S2. The third kappa shape index (κ3) is 4.30. The van der Waals surface area contributed by atoms with Gasteiger partial charge in [-0.3, -0.25) is 14.7 Å². The predicted octanol–water partition coefficient (Wildman–Crippen LogP) is 3.33. The zero-order chi connectivity index (χ0) is 20.2. The fourth-order valence-corrected chi connectivity index (χ4v) is 4.57. The van der Waals surface area contributed by atoms with Crippen molar-refractivity contribution in [2.24, 2.45) is 5.10 Å². The summed E-state index contributed by atoms with van der Waals surface area (Å²) in [6.45, 7) is 1.78.